The maximum absolute atomic E-state index is 12.6. The van der Waals surface area contributed by atoms with Gasteiger partial charge in [-0.3, -0.25) is 0 Å². The van der Waals surface area contributed by atoms with Gasteiger partial charge in [-0.05, 0) is 18.4 Å². The highest BCUT2D eigenvalue weighted by atomic mass is 32.2. The van der Waals surface area contributed by atoms with Crippen molar-refractivity contribution in [1.29, 1.82) is 0 Å². The summed E-state index contributed by atoms with van der Waals surface area (Å²) in [6.07, 6.45) is -2.67. The first kappa shape index (κ1) is 15.1. The molecule has 0 aliphatic rings. The highest BCUT2D eigenvalue weighted by Gasteiger charge is 2.42. The molecule has 1 aromatic carbocycles. The first-order chi connectivity index (χ1) is 8.36. The summed E-state index contributed by atoms with van der Waals surface area (Å²) in [5.41, 5.74) is 5.08. The van der Waals surface area contributed by atoms with Gasteiger partial charge >= 0.3 is 6.18 Å². The van der Waals surface area contributed by atoms with Gasteiger partial charge in [-0.1, -0.05) is 24.4 Å². The molecule has 0 radical (unpaired) electrons. The Morgan fingerprint density at radius 1 is 1.44 bits per heavy atom. The first-order valence-corrected chi connectivity index (χ1v) is 6.61. The standard InChI is InChI=1S/C11H12F3NOS2/c1-18-9-5-3-2-4-8(9)16-6-7(10(15)17)11(12,13)14/h2-5,7H,6H2,1H3,(H2,15,17). The largest absolute Gasteiger partial charge is 0.491 e. The Labute approximate surface area is 113 Å². The van der Waals surface area contributed by atoms with Crippen LogP contribution in [0.25, 0.3) is 0 Å². The average molecular weight is 295 g/mol. The minimum Gasteiger partial charge on any atom is -0.491 e. The number of hydrogen-bond acceptors (Lipinski definition) is 3. The third kappa shape index (κ3) is 4.06. The van der Waals surface area contributed by atoms with E-state index in [4.69, 9.17) is 10.5 Å². The lowest BCUT2D eigenvalue weighted by atomic mass is 10.1. The fourth-order valence-electron chi connectivity index (χ4n) is 1.25. The second kappa shape index (κ2) is 6.29. The van der Waals surface area contributed by atoms with E-state index >= 15 is 0 Å². The van der Waals surface area contributed by atoms with E-state index in [-0.39, 0.29) is 0 Å². The van der Waals surface area contributed by atoms with Gasteiger partial charge in [-0.25, -0.2) is 0 Å². The van der Waals surface area contributed by atoms with Crippen LogP contribution in [0, 0.1) is 5.92 Å². The molecule has 0 amide bonds. The molecule has 0 aliphatic heterocycles. The molecule has 0 saturated heterocycles. The summed E-state index contributed by atoms with van der Waals surface area (Å²) in [5.74, 6) is -1.53. The van der Waals surface area contributed by atoms with E-state index in [0.29, 0.717) is 5.75 Å². The Kier molecular flexibility index (Phi) is 5.28. The van der Waals surface area contributed by atoms with E-state index in [2.05, 4.69) is 12.2 Å². The number of nitrogens with two attached hydrogens (primary N) is 1. The number of para-hydroxylation sites is 1. The van der Waals surface area contributed by atoms with E-state index in [1.165, 1.54) is 11.8 Å². The molecule has 7 heteroatoms. The van der Waals surface area contributed by atoms with Gasteiger partial charge in [0.05, 0.1) is 4.99 Å². The van der Waals surface area contributed by atoms with Gasteiger partial charge in [0.2, 0.25) is 0 Å². The summed E-state index contributed by atoms with van der Waals surface area (Å²) >= 11 is 5.81. The molecule has 0 bridgehead atoms. The monoisotopic (exact) mass is 295 g/mol. The number of ether oxygens (including phenoxy) is 1. The highest BCUT2D eigenvalue weighted by molar-refractivity contribution is 7.98. The van der Waals surface area contributed by atoms with Crippen molar-refractivity contribution in [2.45, 2.75) is 11.1 Å². The maximum Gasteiger partial charge on any atom is 0.401 e. The molecule has 18 heavy (non-hydrogen) atoms. The van der Waals surface area contributed by atoms with Gasteiger partial charge in [-0.2, -0.15) is 13.2 Å². The van der Waals surface area contributed by atoms with Crippen LogP contribution in [-0.4, -0.2) is 24.0 Å². The molecule has 1 unspecified atom stereocenters. The van der Waals surface area contributed by atoms with E-state index in [9.17, 15) is 13.2 Å². The van der Waals surface area contributed by atoms with Crippen LogP contribution in [0.4, 0.5) is 13.2 Å². The minimum absolute atomic E-state index is 0.399. The third-order valence-electron chi connectivity index (χ3n) is 2.21. The van der Waals surface area contributed by atoms with Crippen LogP contribution < -0.4 is 10.5 Å². The van der Waals surface area contributed by atoms with Crippen molar-refractivity contribution in [3.63, 3.8) is 0 Å². The fraction of sp³-hybridized carbons (Fsp3) is 0.364. The van der Waals surface area contributed by atoms with Gasteiger partial charge in [0, 0.05) is 4.90 Å². The predicted molar refractivity (Wildman–Crippen MR) is 70.0 cm³/mol. The lowest BCUT2D eigenvalue weighted by Crippen LogP contribution is -2.38. The van der Waals surface area contributed by atoms with Crippen molar-refractivity contribution >= 4 is 29.0 Å². The van der Waals surface area contributed by atoms with Crippen molar-refractivity contribution in [3.05, 3.63) is 24.3 Å². The summed E-state index contributed by atoms with van der Waals surface area (Å²) in [6.45, 7) is -0.601. The lowest BCUT2D eigenvalue weighted by Gasteiger charge is -2.20. The van der Waals surface area contributed by atoms with Crippen LogP contribution in [0.3, 0.4) is 0 Å². The number of benzene rings is 1. The molecule has 1 atom stereocenters. The summed E-state index contributed by atoms with van der Waals surface area (Å²) in [5, 5.41) is 0. The zero-order chi connectivity index (χ0) is 13.8. The SMILES string of the molecule is CSc1ccccc1OCC(C(N)=S)C(F)(F)F. The molecule has 100 valence electrons. The quantitative estimate of drug-likeness (QED) is 0.668. The Morgan fingerprint density at radius 3 is 2.56 bits per heavy atom. The smallest absolute Gasteiger partial charge is 0.401 e. The Balaban J connectivity index is 2.77. The van der Waals surface area contributed by atoms with Crippen LogP contribution in [0.2, 0.25) is 0 Å². The van der Waals surface area contributed by atoms with Gasteiger partial charge in [0.1, 0.15) is 18.3 Å². The zero-order valence-corrected chi connectivity index (χ0v) is 11.2. The molecule has 0 aliphatic carbocycles. The van der Waals surface area contributed by atoms with Crippen LogP contribution >= 0.6 is 24.0 Å². The lowest BCUT2D eigenvalue weighted by molar-refractivity contribution is -0.161. The molecule has 0 heterocycles. The number of rotatable bonds is 5. The van der Waals surface area contributed by atoms with Crippen molar-refractivity contribution < 1.29 is 17.9 Å². The Bertz CT molecular complexity index is 423. The molecule has 1 aromatic rings. The molecular formula is C11H12F3NOS2. The molecule has 0 spiro atoms. The second-order valence-electron chi connectivity index (χ2n) is 3.46. The van der Waals surface area contributed by atoms with E-state index < -0.39 is 23.7 Å². The van der Waals surface area contributed by atoms with E-state index in [1.54, 1.807) is 24.3 Å². The normalized spacial score (nSPS) is 13.1. The molecule has 2 N–H and O–H groups in total. The third-order valence-corrected chi connectivity index (χ3v) is 3.27. The summed E-state index contributed by atoms with van der Waals surface area (Å²) in [6, 6.07) is 6.86. The molecule has 1 rings (SSSR count). The summed E-state index contributed by atoms with van der Waals surface area (Å²) in [4.78, 5) is 0.158. The van der Waals surface area contributed by atoms with Crippen LogP contribution in [0.15, 0.2) is 29.2 Å². The first-order valence-electron chi connectivity index (χ1n) is 4.98. The average Bonchev–Trinajstić information content (AvgIpc) is 2.27. The number of thiocarbonyl (C=S) groups is 1. The number of halogens is 3. The Morgan fingerprint density at radius 2 is 2.06 bits per heavy atom. The summed E-state index contributed by atoms with van der Waals surface area (Å²) in [7, 11) is 0. The van der Waals surface area contributed by atoms with Gasteiger partial charge < -0.3 is 10.5 Å². The highest BCUT2D eigenvalue weighted by Crippen LogP contribution is 2.30. The van der Waals surface area contributed by atoms with Gasteiger partial charge in [0.25, 0.3) is 0 Å². The van der Waals surface area contributed by atoms with Gasteiger partial charge in [-0.15, -0.1) is 11.8 Å². The molecule has 0 aromatic heterocycles. The van der Waals surface area contributed by atoms with Crippen molar-refractivity contribution in [2.24, 2.45) is 11.7 Å². The fourth-order valence-corrected chi connectivity index (χ4v) is 1.99. The number of alkyl halides is 3. The second-order valence-corrected chi connectivity index (χ2v) is 4.78. The van der Waals surface area contributed by atoms with Gasteiger partial charge in [0.15, 0.2) is 0 Å². The molecule has 0 fully saturated rings. The van der Waals surface area contributed by atoms with Crippen LogP contribution in [0.5, 0.6) is 5.75 Å². The zero-order valence-electron chi connectivity index (χ0n) is 9.53. The molecule has 0 saturated carbocycles. The predicted octanol–water partition coefficient (Wildman–Crippen LogP) is 3.25. The number of thioether (sulfide) groups is 1. The maximum atomic E-state index is 12.6. The number of hydrogen-bond donors (Lipinski definition) is 1. The van der Waals surface area contributed by atoms with E-state index in [1.807, 2.05) is 6.26 Å². The van der Waals surface area contributed by atoms with Crippen LogP contribution in [-0.2, 0) is 0 Å². The topological polar surface area (TPSA) is 35.2 Å². The van der Waals surface area contributed by atoms with E-state index in [0.717, 1.165) is 4.90 Å². The van der Waals surface area contributed by atoms with Crippen molar-refractivity contribution in [2.75, 3.05) is 12.9 Å². The van der Waals surface area contributed by atoms with Crippen molar-refractivity contribution in [1.82, 2.24) is 0 Å². The minimum atomic E-state index is -4.49. The molecule has 2 nitrogen and oxygen atoms in total. The Hall–Kier alpha value is -0.950. The van der Waals surface area contributed by atoms with Crippen molar-refractivity contribution in [3.8, 4) is 5.75 Å². The van der Waals surface area contributed by atoms with Crippen LogP contribution in [0.1, 0.15) is 0 Å². The molecular weight excluding hydrogens is 283 g/mol. The summed E-state index contributed by atoms with van der Waals surface area (Å²) < 4.78 is 43.0.